The van der Waals surface area contributed by atoms with Gasteiger partial charge in [-0.25, -0.2) is 4.98 Å². The third kappa shape index (κ3) is 2.80. The van der Waals surface area contributed by atoms with Crippen LogP contribution in [0.15, 0.2) is 11.1 Å². The van der Waals surface area contributed by atoms with Gasteiger partial charge in [0.25, 0.3) is 5.56 Å². The van der Waals surface area contributed by atoms with Crippen LogP contribution in [0.1, 0.15) is 50.3 Å². The third-order valence-corrected chi connectivity index (χ3v) is 4.94. The maximum atomic E-state index is 12.2. The van der Waals surface area contributed by atoms with Crippen LogP contribution in [0.5, 0.6) is 0 Å². The molecule has 20 heavy (non-hydrogen) atoms. The summed E-state index contributed by atoms with van der Waals surface area (Å²) in [6.45, 7) is 5.76. The van der Waals surface area contributed by atoms with E-state index in [2.05, 4.69) is 9.88 Å². The van der Waals surface area contributed by atoms with Gasteiger partial charge in [-0.15, -0.1) is 0 Å². The van der Waals surface area contributed by atoms with Crippen molar-refractivity contribution >= 4 is 0 Å². The Balaban J connectivity index is 1.63. The van der Waals surface area contributed by atoms with E-state index in [1.807, 2.05) is 6.92 Å². The summed E-state index contributed by atoms with van der Waals surface area (Å²) in [6.07, 6.45) is 9.58. The van der Waals surface area contributed by atoms with Crippen LogP contribution < -0.4 is 5.56 Å². The Kier molecular flexibility index (Phi) is 4.20. The smallest absolute Gasteiger partial charge is 0.256 e. The van der Waals surface area contributed by atoms with Crippen molar-refractivity contribution in [2.75, 3.05) is 13.1 Å². The van der Waals surface area contributed by atoms with E-state index in [1.54, 1.807) is 10.9 Å². The van der Waals surface area contributed by atoms with Crippen LogP contribution in [0, 0.1) is 5.92 Å². The normalized spacial score (nSPS) is 20.2. The van der Waals surface area contributed by atoms with Crippen LogP contribution in [0.3, 0.4) is 0 Å². The fourth-order valence-corrected chi connectivity index (χ4v) is 3.60. The van der Waals surface area contributed by atoms with Crippen molar-refractivity contribution in [1.29, 1.82) is 0 Å². The summed E-state index contributed by atoms with van der Waals surface area (Å²) in [7, 11) is 0. The van der Waals surface area contributed by atoms with Gasteiger partial charge in [-0.2, -0.15) is 0 Å². The zero-order valence-electron chi connectivity index (χ0n) is 12.5. The number of nitrogens with zero attached hydrogens (tertiary/aromatic N) is 3. The first-order valence-corrected chi connectivity index (χ1v) is 8.07. The molecule has 0 spiro atoms. The highest BCUT2D eigenvalue weighted by Crippen LogP contribution is 2.28. The van der Waals surface area contributed by atoms with E-state index in [-0.39, 0.29) is 5.56 Å². The summed E-state index contributed by atoms with van der Waals surface area (Å²) in [5.41, 5.74) is 2.14. The van der Waals surface area contributed by atoms with E-state index >= 15 is 0 Å². The summed E-state index contributed by atoms with van der Waals surface area (Å²) in [5, 5.41) is 0. The fraction of sp³-hybridized carbons (Fsp3) is 0.750. The second-order valence-electron chi connectivity index (χ2n) is 6.23. The van der Waals surface area contributed by atoms with E-state index in [0.717, 1.165) is 36.7 Å². The molecule has 0 radical (unpaired) electrons. The maximum Gasteiger partial charge on any atom is 0.256 e. The fourth-order valence-electron chi connectivity index (χ4n) is 3.60. The molecule has 0 bridgehead atoms. The Morgan fingerprint density at radius 1 is 1.35 bits per heavy atom. The lowest BCUT2D eigenvalue weighted by molar-refractivity contribution is 0.229. The van der Waals surface area contributed by atoms with Crippen molar-refractivity contribution in [2.45, 2.75) is 58.5 Å². The average Bonchev–Trinajstić information content (AvgIpc) is 2.99. The summed E-state index contributed by atoms with van der Waals surface area (Å²) in [4.78, 5) is 19.2. The average molecular weight is 275 g/mol. The van der Waals surface area contributed by atoms with Gasteiger partial charge in [0, 0.05) is 25.2 Å². The minimum absolute atomic E-state index is 0.174. The predicted molar refractivity (Wildman–Crippen MR) is 79.7 cm³/mol. The third-order valence-electron chi connectivity index (χ3n) is 4.94. The van der Waals surface area contributed by atoms with Gasteiger partial charge in [-0.1, -0.05) is 25.7 Å². The van der Waals surface area contributed by atoms with Crippen LogP contribution in [0.4, 0.5) is 0 Å². The molecule has 110 valence electrons. The zero-order valence-corrected chi connectivity index (χ0v) is 12.5. The second-order valence-corrected chi connectivity index (χ2v) is 6.23. The predicted octanol–water partition coefficient (Wildman–Crippen LogP) is 2.20. The molecule has 0 N–H and O–H groups in total. The molecular weight excluding hydrogens is 250 g/mol. The maximum absolute atomic E-state index is 12.2. The van der Waals surface area contributed by atoms with E-state index in [0.29, 0.717) is 6.54 Å². The number of aromatic nitrogens is 2. The zero-order chi connectivity index (χ0) is 13.9. The molecule has 3 rings (SSSR count). The van der Waals surface area contributed by atoms with Crippen molar-refractivity contribution in [3.8, 4) is 0 Å². The van der Waals surface area contributed by atoms with E-state index in [9.17, 15) is 4.79 Å². The molecule has 0 unspecified atom stereocenters. The number of hydrogen-bond acceptors (Lipinski definition) is 3. The molecule has 1 aliphatic heterocycles. The topological polar surface area (TPSA) is 38.1 Å². The van der Waals surface area contributed by atoms with Gasteiger partial charge >= 0.3 is 0 Å². The number of aryl methyl sites for hydroxylation is 1. The van der Waals surface area contributed by atoms with Gasteiger partial charge in [-0.05, 0) is 32.2 Å². The molecular formula is C16H25N3O. The molecule has 2 heterocycles. The molecule has 2 aliphatic rings. The lowest BCUT2D eigenvalue weighted by Gasteiger charge is -2.28. The van der Waals surface area contributed by atoms with Crippen molar-refractivity contribution in [3.63, 3.8) is 0 Å². The SMILES string of the molecule is CCn1cnc2c(c1=O)CCN(CCC1CCCC1)C2. The lowest BCUT2D eigenvalue weighted by Crippen LogP contribution is -2.37. The van der Waals surface area contributed by atoms with E-state index < -0.39 is 0 Å². The molecule has 0 aromatic carbocycles. The molecule has 0 saturated heterocycles. The molecule has 4 heteroatoms. The Morgan fingerprint density at radius 2 is 2.15 bits per heavy atom. The second kappa shape index (κ2) is 6.08. The summed E-state index contributed by atoms with van der Waals surface area (Å²) in [5.74, 6) is 0.942. The monoisotopic (exact) mass is 275 g/mol. The van der Waals surface area contributed by atoms with Crippen LogP contribution in [-0.4, -0.2) is 27.5 Å². The molecule has 4 nitrogen and oxygen atoms in total. The first kappa shape index (κ1) is 13.8. The number of hydrogen-bond donors (Lipinski definition) is 0. The molecule has 1 saturated carbocycles. The van der Waals surface area contributed by atoms with Crippen molar-refractivity contribution < 1.29 is 0 Å². The van der Waals surface area contributed by atoms with E-state index in [1.165, 1.54) is 38.6 Å². The van der Waals surface area contributed by atoms with Crippen LogP contribution in [-0.2, 0) is 19.5 Å². The Hall–Kier alpha value is -1.16. The van der Waals surface area contributed by atoms with E-state index in [4.69, 9.17) is 0 Å². The standard InChI is InChI=1S/C16H25N3O/c1-2-19-12-17-15-11-18(10-8-14(15)16(19)20)9-7-13-5-3-4-6-13/h12-13H,2-11H2,1H3. The first-order valence-electron chi connectivity index (χ1n) is 8.07. The first-order chi connectivity index (χ1) is 9.78. The highest BCUT2D eigenvalue weighted by Gasteiger charge is 2.22. The minimum Gasteiger partial charge on any atom is -0.299 e. The van der Waals surface area contributed by atoms with Crippen molar-refractivity contribution in [1.82, 2.24) is 14.5 Å². The summed E-state index contributed by atoms with van der Waals surface area (Å²) < 4.78 is 1.72. The molecule has 1 fully saturated rings. The van der Waals surface area contributed by atoms with Gasteiger partial charge in [0.05, 0.1) is 12.0 Å². The molecule has 1 aromatic heterocycles. The highest BCUT2D eigenvalue weighted by molar-refractivity contribution is 5.19. The lowest BCUT2D eigenvalue weighted by atomic mass is 10.0. The number of rotatable bonds is 4. The molecule has 0 atom stereocenters. The quantitative estimate of drug-likeness (QED) is 0.845. The Labute approximate surface area is 120 Å². The van der Waals surface area contributed by atoms with Gasteiger partial charge < -0.3 is 0 Å². The van der Waals surface area contributed by atoms with Crippen LogP contribution in [0.2, 0.25) is 0 Å². The van der Waals surface area contributed by atoms with Gasteiger partial charge in [0.2, 0.25) is 0 Å². The molecule has 1 aliphatic carbocycles. The van der Waals surface area contributed by atoms with Crippen molar-refractivity contribution in [2.24, 2.45) is 5.92 Å². The molecule has 1 aromatic rings. The van der Waals surface area contributed by atoms with Crippen molar-refractivity contribution in [3.05, 3.63) is 27.9 Å². The van der Waals surface area contributed by atoms with Gasteiger partial charge in [-0.3, -0.25) is 14.3 Å². The van der Waals surface area contributed by atoms with Crippen LogP contribution in [0.25, 0.3) is 0 Å². The van der Waals surface area contributed by atoms with Gasteiger partial charge in [0.1, 0.15) is 0 Å². The Morgan fingerprint density at radius 3 is 2.90 bits per heavy atom. The van der Waals surface area contributed by atoms with Gasteiger partial charge in [0.15, 0.2) is 0 Å². The Bertz CT molecular complexity index is 517. The summed E-state index contributed by atoms with van der Waals surface area (Å²) >= 11 is 0. The highest BCUT2D eigenvalue weighted by atomic mass is 16.1. The minimum atomic E-state index is 0.174. The number of fused-ring (bicyclic) bond motifs is 1. The largest absolute Gasteiger partial charge is 0.299 e. The summed E-state index contributed by atoms with van der Waals surface area (Å²) in [6, 6.07) is 0. The van der Waals surface area contributed by atoms with Crippen LogP contribution >= 0.6 is 0 Å². The molecule has 0 amide bonds.